The fraction of sp³-hybridized carbons (Fsp3) is 0.674. The van der Waals surface area contributed by atoms with E-state index in [1.807, 2.05) is 0 Å². The van der Waals surface area contributed by atoms with E-state index in [4.69, 9.17) is 0 Å². The summed E-state index contributed by atoms with van der Waals surface area (Å²) in [6, 6.07) is 10.8. The van der Waals surface area contributed by atoms with Gasteiger partial charge >= 0.3 is 0 Å². The summed E-state index contributed by atoms with van der Waals surface area (Å²) in [6.07, 6.45) is 7.28. The molecule has 51 heavy (non-hydrogen) atoms. The third-order valence-corrected chi connectivity index (χ3v) is 13.3. The molecule has 2 aliphatic carbocycles. The molecule has 8 atom stereocenters. The number of nitrogens with zero attached hydrogens (tertiary/aromatic N) is 2. The number of hydrogen-bond donors (Lipinski definition) is 2. The van der Waals surface area contributed by atoms with Crippen molar-refractivity contribution in [2.45, 2.75) is 161 Å². The quantitative estimate of drug-likeness (QED) is 0.170. The van der Waals surface area contributed by atoms with Gasteiger partial charge in [0.15, 0.2) is 12.1 Å². The average molecular weight is 701 g/mol. The summed E-state index contributed by atoms with van der Waals surface area (Å²) in [4.78, 5) is 28.5. The normalized spacial score (nSPS) is 31.6. The van der Waals surface area contributed by atoms with E-state index in [0.717, 1.165) is 72.2 Å². The second kappa shape index (κ2) is 14.9. The van der Waals surface area contributed by atoms with Crippen LogP contribution in [0.25, 0.3) is 0 Å². The Balaban J connectivity index is 1.23. The lowest BCUT2D eigenvalue weighted by molar-refractivity contribution is -0.926. The molecular formula is C43H64N4O4. The Morgan fingerprint density at radius 2 is 0.941 bits per heavy atom. The molecule has 8 nitrogen and oxygen atoms in total. The van der Waals surface area contributed by atoms with E-state index >= 15 is 10.4 Å². The van der Waals surface area contributed by atoms with Crippen molar-refractivity contribution in [3.63, 3.8) is 0 Å². The molecule has 2 saturated heterocycles. The second-order valence-corrected chi connectivity index (χ2v) is 17.7. The van der Waals surface area contributed by atoms with E-state index in [1.165, 1.54) is 0 Å². The number of benzene rings is 2. The number of amides is 2. The van der Waals surface area contributed by atoms with Crippen molar-refractivity contribution in [3.8, 4) is 0 Å². The number of fused-ring (bicyclic) bond motifs is 2. The van der Waals surface area contributed by atoms with Gasteiger partial charge in [-0.05, 0) is 71.6 Å². The summed E-state index contributed by atoms with van der Waals surface area (Å²) >= 11 is 0. The first-order valence-electron chi connectivity index (χ1n) is 20.2. The van der Waals surface area contributed by atoms with E-state index in [0.29, 0.717) is 19.3 Å². The van der Waals surface area contributed by atoms with Crippen LogP contribution < -0.4 is 10.6 Å². The van der Waals surface area contributed by atoms with Crippen molar-refractivity contribution in [2.75, 3.05) is 23.7 Å². The van der Waals surface area contributed by atoms with Crippen LogP contribution in [0.5, 0.6) is 0 Å². The molecule has 8 heteroatoms. The molecule has 0 aromatic heterocycles. The van der Waals surface area contributed by atoms with Crippen molar-refractivity contribution in [3.05, 3.63) is 69.1 Å². The van der Waals surface area contributed by atoms with Crippen molar-refractivity contribution < 1.29 is 18.9 Å². The number of nitrogens with one attached hydrogen (secondary N) is 2. The maximum absolute atomic E-state index is 15.2. The van der Waals surface area contributed by atoms with Crippen LogP contribution in [-0.2, 0) is 9.59 Å². The highest BCUT2D eigenvalue weighted by Crippen LogP contribution is 2.49. The summed E-state index contributed by atoms with van der Waals surface area (Å²) in [5.41, 5.74) is 6.09. The van der Waals surface area contributed by atoms with Gasteiger partial charge in [-0.3, -0.25) is 9.59 Å². The number of quaternary nitrogens is 2. The summed E-state index contributed by atoms with van der Waals surface area (Å²) < 4.78 is -1.08. The Morgan fingerprint density at radius 3 is 1.25 bits per heavy atom. The number of hydrogen-bond acceptors (Lipinski definition) is 4. The highest BCUT2D eigenvalue weighted by atomic mass is 16.6. The van der Waals surface area contributed by atoms with Gasteiger partial charge in [-0.25, -0.2) is 0 Å². The number of rotatable bonds is 12. The Bertz CT molecular complexity index is 1420. The number of likely N-dealkylation sites (tertiary alicyclic amines) is 2. The lowest BCUT2D eigenvalue weighted by atomic mass is 9.92. The molecule has 280 valence electrons. The number of para-hydroxylation sites is 2. The highest BCUT2D eigenvalue weighted by molar-refractivity contribution is 5.96. The third kappa shape index (κ3) is 7.03. The van der Waals surface area contributed by atoms with Crippen LogP contribution in [0.3, 0.4) is 0 Å². The maximum Gasteiger partial charge on any atom is 0.283 e. The molecule has 2 saturated carbocycles. The van der Waals surface area contributed by atoms with E-state index in [2.05, 4.69) is 102 Å². The molecule has 6 rings (SSSR count). The molecular weight excluding hydrogens is 636 g/mol. The number of carbonyl (C=O) groups is 2. The van der Waals surface area contributed by atoms with Crippen molar-refractivity contribution in [1.82, 2.24) is 0 Å². The molecule has 2 aromatic rings. The van der Waals surface area contributed by atoms with Crippen molar-refractivity contribution >= 4 is 23.2 Å². The maximum atomic E-state index is 15.2. The molecule has 0 spiro atoms. The Hall–Kier alpha value is -2.78. The summed E-state index contributed by atoms with van der Waals surface area (Å²) in [7, 11) is 0. The van der Waals surface area contributed by atoms with Crippen LogP contribution >= 0.6 is 0 Å². The average Bonchev–Trinajstić information content (AvgIpc) is 3.85. The second-order valence-electron chi connectivity index (χ2n) is 17.7. The minimum absolute atomic E-state index is 0.107. The molecule has 2 aromatic carbocycles. The minimum atomic E-state index is -0.695. The van der Waals surface area contributed by atoms with Crippen LogP contribution in [0.4, 0.5) is 11.4 Å². The molecule has 2 unspecified atom stereocenters. The summed E-state index contributed by atoms with van der Waals surface area (Å²) in [6.45, 7) is 17.6. The van der Waals surface area contributed by atoms with Gasteiger partial charge in [-0.2, -0.15) is 0 Å². The van der Waals surface area contributed by atoms with E-state index in [-0.39, 0.29) is 72.5 Å². The lowest BCUT2D eigenvalue weighted by Crippen LogP contribution is -2.60. The SMILES string of the molecule is CC(C)c1cccc(C(C)C)c1NC(=O)C1C[C@H]2CCC[C@H]2[N@@+]1([O-])CCC[N@@+]1([O-])C(C(=O)Nc2c(C(C)C)cccc2C(C)C)C[C@H]2CCC[C@H]21. The molecule has 2 aliphatic heterocycles. The molecule has 0 radical (unpaired) electrons. The van der Waals surface area contributed by atoms with Gasteiger partial charge in [-0.15, -0.1) is 0 Å². The predicted octanol–water partition coefficient (Wildman–Crippen LogP) is 9.66. The zero-order valence-corrected chi connectivity index (χ0v) is 32.5. The van der Waals surface area contributed by atoms with Gasteiger partial charge in [-0.1, -0.05) is 91.8 Å². The standard InChI is InChI=1S/C43H64N4O4/c1-26(2)32-16-11-17-33(27(3)4)40(32)44-42(48)38-24-30-14-9-20-36(30)46(38,50)22-13-23-47(51)37-21-10-15-31(37)25-39(47)43(49)45-41-34(28(5)6)18-12-19-35(41)29(7)8/h11-12,16-19,26-31,36-39H,9-10,13-15,20-25H2,1-8H3,(H,44,48)(H,45,49)/t30-,31-,36-,37-,38?,39?,46+,47+/m1/s1. The first-order valence-corrected chi connectivity index (χ1v) is 20.2. The van der Waals surface area contributed by atoms with Gasteiger partial charge in [0.1, 0.15) is 0 Å². The van der Waals surface area contributed by atoms with Crippen LogP contribution in [0, 0.1) is 22.3 Å². The van der Waals surface area contributed by atoms with Crippen molar-refractivity contribution in [2.24, 2.45) is 11.8 Å². The third-order valence-electron chi connectivity index (χ3n) is 13.3. The lowest BCUT2D eigenvalue weighted by Gasteiger charge is -2.51. The highest BCUT2D eigenvalue weighted by Gasteiger charge is 2.57. The Morgan fingerprint density at radius 1 is 0.608 bits per heavy atom. The Kier molecular flexibility index (Phi) is 11.1. The fourth-order valence-electron chi connectivity index (χ4n) is 10.8. The smallest absolute Gasteiger partial charge is 0.283 e. The minimum Gasteiger partial charge on any atom is -0.632 e. The Labute approximate surface area is 307 Å². The van der Waals surface area contributed by atoms with E-state index in [1.54, 1.807) is 0 Å². The predicted molar refractivity (Wildman–Crippen MR) is 207 cm³/mol. The van der Waals surface area contributed by atoms with Crippen LogP contribution in [-0.4, -0.2) is 58.4 Å². The summed E-state index contributed by atoms with van der Waals surface area (Å²) in [5, 5.41) is 36.9. The first kappa shape index (κ1) is 38.0. The number of anilines is 2. The number of carbonyl (C=O) groups excluding carboxylic acids is 2. The fourth-order valence-corrected chi connectivity index (χ4v) is 10.8. The zero-order chi connectivity index (χ0) is 36.8. The van der Waals surface area contributed by atoms with Crippen molar-refractivity contribution in [1.29, 1.82) is 0 Å². The van der Waals surface area contributed by atoms with Gasteiger partial charge in [0.25, 0.3) is 11.8 Å². The van der Waals surface area contributed by atoms with E-state index in [9.17, 15) is 9.59 Å². The first-order chi connectivity index (χ1) is 24.2. The van der Waals surface area contributed by atoms with Crippen LogP contribution in [0.2, 0.25) is 0 Å². The summed E-state index contributed by atoms with van der Waals surface area (Å²) in [5.74, 6) is 1.02. The topological polar surface area (TPSA) is 104 Å². The van der Waals surface area contributed by atoms with Gasteiger partial charge in [0.05, 0.1) is 25.2 Å². The van der Waals surface area contributed by atoms with Gasteiger partial charge in [0.2, 0.25) is 0 Å². The van der Waals surface area contributed by atoms with Gasteiger partial charge in [0, 0.05) is 55.3 Å². The molecule has 2 amide bonds. The molecule has 0 bridgehead atoms. The van der Waals surface area contributed by atoms with Gasteiger partial charge < -0.3 is 30.3 Å². The van der Waals surface area contributed by atoms with Crippen LogP contribution in [0.15, 0.2) is 36.4 Å². The van der Waals surface area contributed by atoms with Crippen LogP contribution in [0.1, 0.15) is 159 Å². The largest absolute Gasteiger partial charge is 0.632 e. The zero-order valence-electron chi connectivity index (χ0n) is 32.5. The van der Waals surface area contributed by atoms with E-state index < -0.39 is 21.4 Å². The molecule has 2 N–H and O–H groups in total. The number of hydroxylamine groups is 6. The molecule has 2 heterocycles. The monoisotopic (exact) mass is 700 g/mol. The molecule has 4 aliphatic rings. The molecule has 4 fully saturated rings.